The van der Waals surface area contributed by atoms with Crippen LogP contribution >= 0.6 is 46.4 Å². The highest BCUT2D eigenvalue weighted by molar-refractivity contribution is 6.85. The summed E-state index contributed by atoms with van der Waals surface area (Å²) in [7, 11) is 0. The number of benzene rings is 8. The fourth-order valence-corrected chi connectivity index (χ4v) is 16.3. The van der Waals surface area contributed by atoms with Gasteiger partial charge in [0.15, 0.2) is 0 Å². The SMILES string of the molecule is [C-]#[N+]/C(c1cnc2cc(Cl)c(Cl)cc2n1)=c1\c2c(-c3ccc(OCCCCCCCC/C=C/CCCCCCCC)cc3)n(B(c3ccccc3)c3ccccc3)/c(=C(/C#N)c3cnc4cc(Cl)c(Cl)cc4n3)c2c(-c2ccc(OCCCCCCCC/C=C\CCCCCCCC)cc2)n1B(c1ccccc1)c1ccccc1. The molecule has 0 aliphatic rings. The highest BCUT2D eigenvalue weighted by atomic mass is 35.5. The second-order valence-electron chi connectivity index (χ2n) is 29.9. The molecule has 0 saturated carbocycles. The zero-order valence-corrected chi connectivity index (χ0v) is 69.2. The van der Waals surface area contributed by atoms with Crippen LogP contribution in [0.4, 0.5) is 0 Å². The zero-order chi connectivity index (χ0) is 79.1. The van der Waals surface area contributed by atoms with Gasteiger partial charge in [-0.15, -0.1) is 0 Å². The first kappa shape index (κ1) is 83.8. The van der Waals surface area contributed by atoms with Crippen LogP contribution in [0.5, 0.6) is 11.5 Å². The molecule has 10 nitrogen and oxygen atoms in total. The average Bonchev–Trinajstić information content (AvgIpc) is 1.52. The normalized spacial score (nSPS) is 12.1. The second-order valence-corrected chi connectivity index (χ2v) is 31.6. The number of hydrogen-bond donors (Lipinski definition) is 0. The number of nitriles is 1. The number of hydrogen-bond acceptors (Lipinski definition) is 7. The Labute approximate surface area is 696 Å². The van der Waals surface area contributed by atoms with E-state index in [0.717, 1.165) is 95.8 Å². The van der Waals surface area contributed by atoms with Gasteiger partial charge in [-0.05, 0) is 148 Å². The maximum absolute atomic E-state index is 12.7. The lowest BCUT2D eigenvalue weighted by Crippen LogP contribution is -2.54. The Balaban J connectivity index is 1.04. The lowest BCUT2D eigenvalue weighted by atomic mass is 9.50. The van der Waals surface area contributed by atoms with Gasteiger partial charge in [0.25, 0.3) is 0 Å². The quantitative estimate of drug-likeness (QED) is 0.0162. The number of ether oxygens (including phenoxy) is 2. The molecule has 12 aromatic rings. The van der Waals surface area contributed by atoms with Crippen molar-refractivity contribution < 1.29 is 9.47 Å². The molecule has 8 aromatic carbocycles. The molecule has 0 bridgehead atoms. The Kier molecular flexibility index (Phi) is 32.5. The van der Waals surface area contributed by atoms with Crippen LogP contribution in [0.1, 0.15) is 205 Å². The van der Waals surface area contributed by atoms with E-state index in [4.69, 9.17) is 80.7 Å². The molecule has 0 fully saturated rings. The lowest BCUT2D eigenvalue weighted by Gasteiger charge is -2.24. The molecule has 12 rings (SSSR count). The largest absolute Gasteiger partial charge is 0.494 e. The number of unbranched alkanes of at least 4 members (excludes halogenated alkanes) is 24. The van der Waals surface area contributed by atoms with Crippen LogP contribution in [0.2, 0.25) is 20.1 Å². The third-order valence-electron chi connectivity index (χ3n) is 21.6. The Bertz CT molecular complexity index is 4940. The minimum Gasteiger partial charge on any atom is -0.494 e. The van der Waals surface area contributed by atoms with Crippen LogP contribution in [0.3, 0.4) is 0 Å². The number of allylic oxidation sites excluding steroid dienone is 4. The first-order valence-corrected chi connectivity index (χ1v) is 43.2. The van der Waals surface area contributed by atoms with E-state index in [9.17, 15) is 11.8 Å². The number of fused-ring (bicyclic) bond motifs is 3. The molecule has 0 atom stereocenters. The highest BCUT2D eigenvalue weighted by Crippen LogP contribution is 2.39. The lowest BCUT2D eigenvalue weighted by molar-refractivity contribution is 0.304. The Morgan fingerprint density at radius 2 is 0.719 bits per heavy atom. The van der Waals surface area contributed by atoms with Gasteiger partial charge in [0.1, 0.15) is 28.8 Å². The molecule has 4 heterocycles. The number of aromatic nitrogens is 6. The van der Waals surface area contributed by atoms with Crippen LogP contribution in [-0.2, 0) is 0 Å². The molecule has 4 aromatic heterocycles. The van der Waals surface area contributed by atoms with E-state index in [2.05, 4.69) is 175 Å². The molecule has 16 heteroatoms. The van der Waals surface area contributed by atoms with Crippen LogP contribution in [-0.4, -0.2) is 55.8 Å². The summed E-state index contributed by atoms with van der Waals surface area (Å²) in [6.45, 7) is 14.2. The predicted octanol–water partition coefficient (Wildman–Crippen LogP) is 24.2. The van der Waals surface area contributed by atoms with Crippen molar-refractivity contribution in [2.24, 2.45) is 0 Å². The highest BCUT2D eigenvalue weighted by Gasteiger charge is 2.38. The second kappa shape index (κ2) is 44.3. The van der Waals surface area contributed by atoms with Gasteiger partial charge in [0.05, 0.1) is 79.2 Å². The van der Waals surface area contributed by atoms with Crippen molar-refractivity contribution in [1.82, 2.24) is 28.9 Å². The summed E-state index contributed by atoms with van der Waals surface area (Å²) >= 11 is 27.1. The van der Waals surface area contributed by atoms with E-state index >= 15 is 0 Å². The first-order valence-electron chi connectivity index (χ1n) is 41.7. The van der Waals surface area contributed by atoms with Crippen LogP contribution in [0.25, 0.3) is 71.5 Å². The maximum Gasteiger partial charge on any atom is 0.328 e. The summed E-state index contributed by atoms with van der Waals surface area (Å²) in [4.78, 5) is 25.4. The van der Waals surface area contributed by atoms with Gasteiger partial charge in [0, 0.05) is 33.7 Å². The van der Waals surface area contributed by atoms with E-state index in [-0.39, 0.29) is 22.7 Å². The number of halogens is 4. The minimum absolute atomic E-state index is 0.186. The molecule has 0 saturated heterocycles. The van der Waals surface area contributed by atoms with Crippen LogP contribution in [0, 0.1) is 17.9 Å². The van der Waals surface area contributed by atoms with Crippen LogP contribution in [0.15, 0.2) is 231 Å². The van der Waals surface area contributed by atoms with Crippen molar-refractivity contribution in [2.45, 2.75) is 194 Å². The van der Waals surface area contributed by atoms with Crippen molar-refractivity contribution in [1.29, 1.82) is 5.26 Å². The molecule has 582 valence electrons. The summed E-state index contributed by atoms with van der Waals surface area (Å²) in [6, 6.07) is 67.8. The molecule has 0 aliphatic heterocycles. The molecular formula is C98H104B2Cl4N8O2. The molecule has 0 unspecified atom stereocenters. The van der Waals surface area contributed by atoms with Crippen molar-refractivity contribution in [3.8, 4) is 40.1 Å². The Morgan fingerprint density at radius 3 is 1.08 bits per heavy atom. The van der Waals surface area contributed by atoms with Gasteiger partial charge in [0.2, 0.25) is 5.70 Å². The fourth-order valence-electron chi connectivity index (χ4n) is 15.7. The van der Waals surface area contributed by atoms with Gasteiger partial charge in [-0.25, -0.2) is 9.83 Å². The molecule has 0 radical (unpaired) electrons. The topological polar surface area (TPSA) is 108 Å². The third kappa shape index (κ3) is 22.1. The molecule has 0 amide bonds. The molecule has 114 heavy (non-hydrogen) atoms. The van der Waals surface area contributed by atoms with Crippen molar-refractivity contribution in [3.05, 3.63) is 284 Å². The van der Waals surface area contributed by atoms with Crippen LogP contribution < -0.4 is 42.0 Å². The molecule has 0 N–H and O–H groups in total. The van der Waals surface area contributed by atoms with Gasteiger partial charge in [-0.1, -0.05) is 343 Å². The summed E-state index contributed by atoms with van der Waals surface area (Å²) in [5.74, 6) is 1.44. The van der Waals surface area contributed by atoms with Crippen molar-refractivity contribution in [3.63, 3.8) is 0 Å². The van der Waals surface area contributed by atoms with Gasteiger partial charge < -0.3 is 18.4 Å². The number of rotatable bonds is 44. The first-order chi connectivity index (χ1) is 56.2. The summed E-state index contributed by atoms with van der Waals surface area (Å²) < 4.78 is 18.0. The van der Waals surface area contributed by atoms with Gasteiger partial charge in [-0.2, -0.15) is 5.26 Å². The summed E-state index contributed by atoms with van der Waals surface area (Å²) in [6.07, 6.45) is 47.1. The molecular weight excluding hydrogens is 1480 g/mol. The fraction of sp³-hybridized carbons (Fsp3) is 0.327. The standard InChI is InChI=1S/C98H104B2Cl4N8O2/c1-4-6-8-10-12-14-16-18-20-22-24-26-28-30-32-46-64-113-79-60-56-73(57-61-79)95-92-93(98(94(106-3)91-72-108-87-67-83(102)85(104)69-89(87)110-91)112(95)100(77-52-42-36-43-53-77)78-54-44-37-45-55-78)96(74-58-62-80(63-59-74)114-65-47-33-31-29-27-25-23-21-19-17-15-13-11-9-7-5-2)111(99(75-48-38-34-39-49-75)76-50-40-35-41-51-76)97(92)81(70-105)90-71-107-86-66-82(101)84(103)68-88(86)109-90/h18-21,34-45,48-63,66-69,71-72H,4-17,22-33,46-47,64-65H2,1-2H3/b20-18-,21-19+,97-81-,98-94+. The minimum atomic E-state index is -0.647. The van der Waals surface area contributed by atoms with E-state index in [1.165, 1.54) is 128 Å². The van der Waals surface area contributed by atoms with E-state index < -0.39 is 13.7 Å². The monoisotopic (exact) mass is 1590 g/mol. The average molecular weight is 1590 g/mol. The Morgan fingerprint density at radius 1 is 0.404 bits per heavy atom. The van der Waals surface area contributed by atoms with E-state index in [0.29, 0.717) is 88.2 Å². The van der Waals surface area contributed by atoms with Gasteiger partial charge >= 0.3 is 13.7 Å². The Hall–Kier alpha value is -9.65. The maximum atomic E-state index is 12.7. The van der Waals surface area contributed by atoms with E-state index in [1.807, 2.05) is 48.5 Å². The van der Waals surface area contributed by atoms with Gasteiger partial charge in [-0.3, -0.25) is 15.0 Å². The summed E-state index contributed by atoms with van der Waals surface area (Å²) in [5, 5.41) is 16.3. The number of nitrogens with zero attached hydrogens (tertiary/aromatic N) is 8. The molecule has 0 aliphatic carbocycles. The van der Waals surface area contributed by atoms with Crippen molar-refractivity contribution in [2.75, 3.05) is 13.2 Å². The predicted molar refractivity (Wildman–Crippen MR) is 483 cm³/mol. The molecule has 0 spiro atoms. The zero-order valence-electron chi connectivity index (χ0n) is 66.2. The van der Waals surface area contributed by atoms with Crippen molar-refractivity contribution >= 4 is 126 Å². The smallest absolute Gasteiger partial charge is 0.328 e. The summed E-state index contributed by atoms with van der Waals surface area (Å²) in [5.41, 5.74) is 9.54. The third-order valence-corrected chi connectivity index (χ3v) is 23.0. The van der Waals surface area contributed by atoms with E-state index in [1.54, 1.807) is 36.7 Å².